The monoisotopic (exact) mass is 349 g/mol. The Morgan fingerprint density at radius 2 is 1.96 bits per heavy atom. The molecule has 0 atom stereocenters. The lowest BCUT2D eigenvalue weighted by Crippen LogP contribution is -2.15. The Bertz CT molecular complexity index is 1110. The number of nitrogens with zero attached hydrogens (tertiary/aromatic N) is 4. The molecule has 0 amide bonds. The molecule has 0 aliphatic rings. The van der Waals surface area contributed by atoms with Crippen LogP contribution in [0.3, 0.4) is 0 Å². The largest absolute Gasteiger partial charge is 0.497 e. The summed E-state index contributed by atoms with van der Waals surface area (Å²) in [7, 11) is 3.52. The predicted molar refractivity (Wildman–Crippen MR) is 98.4 cm³/mol. The number of rotatable bonds is 5. The van der Waals surface area contributed by atoms with Crippen molar-refractivity contribution in [3.8, 4) is 17.0 Å². The Kier molecular flexibility index (Phi) is 4.04. The van der Waals surface area contributed by atoms with Crippen molar-refractivity contribution in [3.05, 3.63) is 70.4 Å². The molecule has 26 heavy (non-hydrogen) atoms. The fraction of sp³-hybridized carbons (Fsp3) is 0.211. The molecule has 0 fully saturated rings. The summed E-state index contributed by atoms with van der Waals surface area (Å²) < 4.78 is 8.42. The minimum absolute atomic E-state index is 0.115. The van der Waals surface area contributed by atoms with Crippen LogP contribution >= 0.6 is 0 Å². The number of aromatic nitrogens is 5. The summed E-state index contributed by atoms with van der Waals surface area (Å²) >= 11 is 0. The minimum atomic E-state index is -0.115. The molecule has 3 aromatic heterocycles. The first kappa shape index (κ1) is 16.1. The van der Waals surface area contributed by atoms with Crippen LogP contribution in [-0.2, 0) is 19.9 Å². The molecule has 1 aromatic carbocycles. The van der Waals surface area contributed by atoms with Gasteiger partial charge in [0.15, 0.2) is 5.65 Å². The number of hydrogen-bond acceptors (Lipinski definition) is 4. The molecule has 7 nitrogen and oxygen atoms in total. The van der Waals surface area contributed by atoms with E-state index in [1.54, 1.807) is 17.9 Å². The third kappa shape index (κ3) is 3.11. The van der Waals surface area contributed by atoms with Gasteiger partial charge in [-0.05, 0) is 48.2 Å². The summed E-state index contributed by atoms with van der Waals surface area (Å²) in [5, 5.41) is 7.27. The lowest BCUT2D eigenvalue weighted by Gasteiger charge is -2.01. The van der Waals surface area contributed by atoms with Gasteiger partial charge in [-0.2, -0.15) is 5.10 Å². The first-order valence-electron chi connectivity index (χ1n) is 8.36. The molecule has 0 saturated heterocycles. The molecule has 132 valence electrons. The average Bonchev–Trinajstić information content (AvgIpc) is 3.26. The van der Waals surface area contributed by atoms with Gasteiger partial charge in [0.05, 0.1) is 19.0 Å². The highest BCUT2D eigenvalue weighted by molar-refractivity contribution is 5.64. The second-order valence-electron chi connectivity index (χ2n) is 6.20. The number of benzene rings is 1. The van der Waals surface area contributed by atoms with E-state index < -0.39 is 0 Å². The maximum absolute atomic E-state index is 12.4. The van der Waals surface area contributed by atoms with Gasteiger partial charge in [-0.25, -0.2) is 9.50 Å². The average molecular weight is 349 g/mol. The summed E-state index contributed by atoms with van der Waals surface area (Å²) in [4.78, 5) is 17.0. The standard InChI is InChI=1S/C19H19N5O2/c1-23-12-13(11-20-23)3-6-15-9-19(25)24-18(21-15)10-17(22-24)14-4-7-16(26-2)8-5-14/h4-5,7-12,22H,3,6H2,1-2H3. The van der Waals surface area contributed by atoms with Crippen molar-refractivity contribution < 1.29 is 4.74 Å². The van der Waals surface area contributed by atoms with Crippen molar-refractivity contribution >= 4 is 5.65 Å². The molecule has 0 saturated carbocycles. The number of hydrogen-bond donors (Lipinski definition) is 1. The van der Waals surface area contributed by atoms with Crippen molar-refractivity contribution in [3.63, 3.8) is 0 Å². The molecule has 4 aromatic rings. The van der Waals surface area contributed by atoms with E-state index in [1.807, 2.05) is 49.8 Å². The molecule has 1 N–H and O–H groups in total. The molecule has 0 bridgehead atoms. The van der Waals surface area contributed by atoms with Crippen LogP contribution in [0.25, 0.3) is 16.9 Å². The fourth-order valence-corrected chi connectivity index (χ4v) is 2.96. The summed E-state index contributed by atoms with van der Waals surface area (Å²) in [5.41, 5.74) is 4.20. The third-order valence-corrected chi connectivity index (χ3v) is 4.33. The van der Waals surface area contributed by atoms with Gasteiger partial charge >= 0.3 is 0 Å². The quantitative estimate of drug-likeness (QED) is 0.599. The van der Waals surface area contributed by atoms with Crippen molar-refractivity contribution in [2.24, 2.45) is 7.05 Å². The molecule has 0 radical (unpaired) electrons. The number of methoxy groups -OCH3 is 1. The Labute approximate surface area is 149 Å². The normalized spacial score (nSPS) is 11.2. The topological polar surface area (TPSA) is 77.2 Å². The highest BCUT2D eigenvalue weighted by Crippen LogP contribution is 2.21. The zero-order chi connectivity index (χ0) is 18.1. The molecule has 0 aliphatic carbocycles. The van der Waals surface area contributed by atoms with Crippen LogP contribution in [0.1, 0.15) is 11.3 Å². The van der Waals surface area contributed by atoms with E-state index in [-0.39, 0.29) is 5.56 Å². The van der Waals surface area contributed by atoms with Gasteiger partial charge in [-0.3, -0.25) is 14.6 Å². The van der Waals surface area contributed by atoms with E-state index in [2.05, 4.69) is 15.2 Å². The number of aryl methyl sites for hydroxylation is 3. The van der Waals surface area contributed by atoms with Gasteiger partial charge in [-0.1, -0.05) is 0 Å². The highest BCUT2D eigenvalue weighted by atomic mass is 16.5. The Morgan fingerprint density at radius 1 is 1.15 bits per heavy atom. The first-order valence-corrected chi connectivity index (χ1v) is 8.36. The molecule has 4 rings (SSSR count). The molecule has 0 aliphatic heterocycles. The van der Waals surface area contributed by atoms with E-state index in [0.717, 1.165) is 34.7 Å². The van der Waals surface area contributed by atoms with Crippen LogP contribution in [-0.4, -0.2) is 31.5 Å². The molecule has 0 spiro atoms. The van der Waals surface area contributed by atoms with Crippen LogP contribution < -0.4 is 10.3 Å². The molecule has 0 unspecified atom stereocenters. The van der Waals surface area contributed by atoms with E-state index >= 15 is 0 Å². The molecular formula is C19H19N5O2. The second-order valence-corrected chi connectivity index (χ2v) is 6.20. The van der Waals surface area contributed by atoms with Gasteiger partial charge < -0.3 is 4.74 Å². The summed E-state index contributed by atoms with van der Waals surface area (Å²) in [6, 6.07) is 11.1. The SMILES string of the molecule is COc1ccc(-c2cc3nc(CCc4cnn(C)c4)cc(=O)n3[nH]2)cc1. The highest BCUT2D eigenvalue weighted by Gasteiger charge is 2.09. The van der Waals surface area contributed by atoms with Gasteiger partial charge in [0.2, 0.25) is 0 Å². The molecule has 3 heterocycles. The minimum Gasteiger partial charge on any atom is -0.497 e. The summed E-state index contributed by atoms with van der Waals surface area (Å²) in [6.07, 6.45) is 5.31. The predicted octanol–water partition coefficient (Wildman–Crippen LogP) is 2.22. The smallest absolute Gasteiger partial charge is 0.272 e. The lowest BCUT2D eigenvalue weighted by atomic mass is 10.1. The first-order chi connectivity index (χ1) is 12.6. The number of nitrogens with one attached hydrogen (secondary N) is 1. The van der Waals surface area contributed by atoms with Crippen molar-refractivity contribution in [2.75, 3.05) is 7.11 Å². The Hall–Kier alpha value is -3.35. The second kappa shape index (κ2) is 6.51. The van der Waals surface area contributed by atoms with E-state index in [4.69, 9.17) is 4.74 Å². The summed E-state index contributed by atoms with van der Waals surface area (Å²) in [6.45, 7) is 0. The van der Waals surface area contributed by atoms with Crippen LogP contribution in [0, 0.1) is 0 Å². The lowest BCUT2D eigenvalue weighted by molar-refractivity contribution is 0.415. The van der Waals surface area contributed by atoms with Crippen LogP contribution in [0.15, 0.2) is 53.6 Å². The van der Waals surface area contributed by atoms with E-state index in [9.17, 15) is 4.79 Å². The maximum atomic E-state index is 12.4. The maximum Gasteiger partial charge on any atom is 0.272 e. The van der Waals surface area contributed by atoms with E-state index in [0.29, 0.717) is 12.1 Å². The van der Waals surface area contributed by atoms with Gasteiger partial charge in [0.25, 0.3) is 5.56 Å². The van der Waals surface area contributed by atoms with Crippen LogP contribution in [0.5, 0.6) is 5.75 Å². The zero-order valence-electron chi connectivity index (χ0n) is 14.6. The fourth-order valence-electron chi connectivity index (χ4n) is 2.96. The van der Waals surface area contributed by atoms with E-state index in [1.165, 1.54) is 4.52 Å². The summed E-state index contributed by atoms with van der Waals surface area (Å²) in [5.74, 6) is 0.790. The van der Waals surface area contributed by atoms with Gasteiger partial charge in [0.1, 0.15) is 5.75 Å². The van der Waals surface area contributed by atoms with Gasteiger partial charge in [-0.15, -0.1) is 0 Å². The Balaban J connectivity index is 1.62. The molecular weight excluding hydrogens is 330 g/mol. The van der Waals surface area contributed by atoms with Crippen molar-refractivity contribution in [2.45, 2.75) is 12.8 Å². The van der Waals surface area contributed by atoms with Gasteiger partial charge in [0, 0.05) is 31.1 Å². The van der Waals surface area contributed by atoms with Crippen molar-refractivity contribution in [1.82, 2.24) is 24.4 Å². The zero-order valence-corrected chi connectivity index (χ0v) is 14.6. The van der Waals surface area contributed by atoms with Crippen LogP contribution in [0.4, 0.5) is 0 Å². The van der Waals surface area contributed by atoms with Crippen LogP contribution in [0.2, 0.25) is 0 Å². The molecule has 7 heteroatoms. The number of aromatic amines is 1. The number of fused-ring (bicyclic) bond motifs is 1. The number of ether oxygens (including phenoxy) is 1. The van der Waals surface area contributed by atoms with Crippen molar-refractivity contribution in [1.29, 1.82) is 0 Å². The number of H-pyrrole nitrogens is 1. The Morgan fingerprint density at radius 3 is 2.65 bits per heavy atom. The third-order valence-electron chi connectivity index (χ3n) is 4.33.